The topological polar surface area (TPSA) is 73.2 Å². The Balaban J connectivity index is 1.42. The van der Waals surface area contributed by atoms with Gasteiger partial charge in [-0.05, 0) is 55.8 Å². The number of amides is 1. The zero-order valence-electron chi connectivity index (χ0n) is 17.7. The van der Waals surface area contributed by atoms with Crippen LogP contribution in [0.3, 0.4) is 0 Å². The number of anilines is 1. The number of carbonyl (C=O) groups is 2. The molecule has 156 valence electrons. The third kappa shape index (κ3) is 4.33. The molecule has 0 spiro atoms. The van der Waals surface area contributed by atoms with Gasteiger partial charge in [0.1, 0.15) is 0 Å². The van der Waals surface area contributed by atoms with Gasteiger partial charge in [-0.3, -0.25) is 4.79 Å². The largest absolute Gasteiger partial charge is 0.452 e. The van der Waals surface area contributed by atoms with Crippen molar-refractivity contribution < 1.29 is 14.3 Å². The van der Waals surface area contributed by atoms with Crippen molar-refractivity contribution in [3.63, 3.8) is 0 Å². The van der Waals surface area contributed by atoms with Crippen LogP contribution < -0.4 is 5.32 Å². The molecule has 4 aromatic rings. The Hall–Kier alpha value is -3.93. The number of carbonyl (C=O) groups excluding carboxylic acids is 2. The number of aryl methyl sites for hydroxylation is 2. The van der Waals surface area contributed by atoms with E-state index in [0.29, 0.717) is 16.9 Å². The van der Waals surface area contributed by atoms with Crippen LogP contribution in [-0.4, -0.2) is 28.3 Å². The Morgan fingerprint density at radius 1 is 0.935 bits per heavy atom. The number of hydrogen-bond donors (Lipinski definition) is 1. The minimum absolute atomic E-state index is 0.375. The number of hydrogen-bond acceptors (Lipinski definition) is 4. The van der Waals surface area contributed by atoms with Gasteiger partial charge in [0.25, 0.3) is 5.91 Å². The predicted octanol–water partition coefficient (Wildman–Crippen LogP) is 4.75. The van der Waals surface area contributed by atoms with Crippen molar-refractivity contribution in [2.75, 3.05) is 11.9 Å². The van der Waals surface area contributed by atoms with Gasteiger partial charge in [-0.1, -0.05) is 48.0 Å². The highest BCUT2D eigenvalue weighted by Crippen LogP contribution is 2.23. The van der Waals surface area contributed by atoms with Crippen molar-refractivity contribution >= 4 is 28.3 Å². The first-order valence-electron chi connectivity index (χ1n) is 10.0. The van der Waals surface area contributed by atoms with E-state index in [2.05, 4.69) is 10.4 Å². The molecule has 0 fully saturated rings. The summed E-state index contributed by atoms with van der Waals surface area (Å²) in [6.07, 6.45) is 0. The molecule has 0 unspecified atom stereocenters. The predicted molar refractivity (Wildman–Crippen MR) is 121 cm³/mol. The molecule has 0 atom stereocenters. The first kappa shape index (κ1) is 20.3. The van der Waals surface area contributed by atoms with Gasteiger partial charge in [0.05, 0.1) is 28.3 Å². The molecule has 6 nitrogen and oxygen atoms in total. The van der Waals surface area contributed by atoms with Gasteiger partial charge in [0.2, 0.25) is 0 Å². The zero-order chi connectivity index (χ0) is 22.0. The van der Waals surface area contributed by atoms with Crippen LogP contribution in [0.2, 0.25) is 0 Å². The van der Waals surface area contributed by atoms with E-state index >= 15 is 0 Å². The van der Waals surface area contributed by atoms with Gasteiger partial charge in [0, 0.05) is 0 Å². The number of benzene rings is 3. The monoisotopic (exact) mass is 413 g/mol. The van der Waals surface area contributed by atoms with E-state index in [1.807, 2.05) is 75.4 Å². The van der Waals surface area contributed by atoms with Crippen molar-refractivity contribution in [1.29, 1.82) is 0 Å². The smallest absolute Gasteiger partial charge is 0.338 e. The molecule has 31 heavy (non-hydrogen) atoms. The summed E-state index contributed by atoms with van der Waals surface area (Å²) in [6.45, 7) is 5.36. The molecule has 1 heterocycles. The number of rotatable bonds is 5. The van der Waals surface area contributed by atoms with Crippen LogP contribution in [0.15, 0.2) is 66.7 Å². The van der Waals surface area contributed by atoms with E-state index in [-0.39, 0.29) is 6.61 Å². The second-order valence-electron chi connectivity index (χ2n) is 7.48. The molecule has 3 aromatic carbocycles. The SMILES string of the molecule is Cc1ccc(-n2nc(C)c(NC(=O)COC(=O)c3ccc4ccccc4c3)c2C)cc1. The highest BCUT2D eigenvalue weighted by Gasteiger charge is 2.17. The van der Waals surface area contributed by atoms with E-state index in [0.717, 1.165) is 27.7 Å². The quantitative estimate of drug-likeness (QED) is 0.480. The normalized spacial score (nSPS) is 10.8. The molecule has 0 saturated heterocycles. The molecule has 0 aliphatic carbocycles. The van der Waals surface area contributed by atoms with Crippen molar-refractivity contribution in [1.82, 2.24) is 9.78 Å². The number of nitrogens with one attached hydrogen (secondary N) is 1. The number of ether oxygens (including phenoxy) is 1. The van der Waals surface area contributed by atoms with Gasteiger partial charge < -0.3 is 10.1 Å². The fraction of sp³-hybridized carbons (Fsp3) is 0.160. The second kappa shape index (κ2) is 8.44. The molecule has 0 aliphatic rings. The zero-order valence-corrected chi connectivity index (χ0v) is 17.7. The molecule has 0 aliphatic heterocycles. The highest BCUT2D eigenvalue weighted by atomic mass is 16.5. The Morgan fingerprint density at radius 3 is 2.39 bits per heavy atom. The van der Waals surface area contributed by atoms with E-state index in [4.69, 9.17) is 4.74 Å². The highest BCUT2D eigenvalue weighted by molar-refractivity contribution is 5.98. The Kier molecular flexibility index (Phi) is 5.54. The first-order chi connectivity index (χ1) is 14.9. The van der Waals surface area contributed by atoms with Crippen molar-refractivity contribution in [2.24, 2.45) is 0 Å². The molecule has 1 aromatic heterocycles. The lowest BCUT2D eigenvalue weighted by molar-refractivity contribution is -0.119. The summed E-state index contributed by atoms with van der Waals surface area (Å²) in [6, 6.07) is 21.0. The van der Waals surface area contributed by atoms with Crippen molar-refractivity contribution in [2.45, 2.75) is 20.8 Å². The lowest BCUT2D eigenvalue weighted by atomic mass is 10.1. The number of esters is 1. The Labute approximate surface area is 180 Å². The molecular formula is C25H23N3O3. The molecule has 0 radical (unpaired) electrons. The van der Waals surface area contributed by atoms with Gasteiger partial charge in [-0.2, -0.15) is 5.10 Å². The summed E-state index contributed by atoms with van der Waals surface area (Å²) >= 11 is 0. The number of nitrogens with zero attached hydrogens (tertiary/aromatic N) is 2. The Bertz CT molecular complexity index is 1270. The van der Waals surface area contributed by atoms with Gasteiger partial charge in [-0.15, -0.1) is 0 Å². The molecule has 0 saturated carbocycles. The minimum Gasteiger partial charge on any atom is -0.452 e. The maximum absolute atomic E-state index is 12.4. The third-order valence-corrected chi connectivity index (χ3v) is 5.15. The van der Waals surface area contributed by atoms with E-state index in [1.165, 1.54) is 0 Å². The van der Waals surface area contributed by atoms with Gasteiger partial charge in [-0.25, -0.2) is 9.48 Å². The molecule has 1 amide bonds. The summed E-state index contributed by atoms with van der Waals surface area (Å²) in [4.78, 5) is 24.8. The fourth-order valence-electron chi connectivity index (χ4n) is 3.47. The maximum Gasteiger partial charge on any atom is 0.338 e. The maximum atomic E-state index is 12.4. The van der Waals surface area contributed by atoms with Crippen LogP contribution in [0.5, 0.6) is 0 Å². The summed E-state index contributed by atoms with van der Waals surface area (Å²) in [5.74, 6) is -0.950. The van der Waals surface area contributed by atoms with Crippen LogP contribution in [0, 0.1) is 20.8 Å². The number of fused-ring (bicyclic) bond motifs is 1. The summed E-state index contributed by atoms with van der Waals surface area (Å²) in [7, 11) is 0. The molecule has 4 rings (SSSR count). The molecule has 0 bridgehead atoms. The Morgan fingerprint density at radius 2 is 1.65 bits per heavy atom. The van der Waals surface area contributed by atoms with E-state index in [9.17, 15) is 9.59 Å². The van der Waals surface area contributed by atoms with Crippen LogP contribution in [0.1, 0.15) is 27.3 Å². The number of aromatic nitrogens is 2. The minimum atomic E-state index is -0.537. The van der Waals surface area contributed by atoms with Crippen LogP contribution in [-0.2, 0) is 9.53 Å². The molecule has 6 heteroatoms. The molecular weight excluding hydrogens is 390 g/mol. The van der Waals surface area contributed by atoms with Crippen LogP contribution in [0.4, 0.5) is 5.69 Å². The lowest BCUT2D eigenvalue weighted by Crippen LogP contribution is -2.21. The average Bonchev–Trinajstić information content (AvgIpc) is 3.06. The standard InChI is InChI=1S/C25H23N3O3/c1-16-8-12-22(13-9-16)28-18(3)24(17(2)27-28)26-23(29)15-31-25(30)21-11-10-19-6-4-5-7-20(19)14-21/h4-14H,15H2,1-3H3,(H,26,29). The van der Waals surface area contributed by atoms with Crippen LogP contribution >= 0.6 is 0 Å². The molecule has 1 N–H and O–H groups in total. The van der Waals surface area contributed by atoms with Gasteiger partial charge in [0.15, 0.2) is 6.61 Å². The fourth-order valence-corrected chi connectivity index (χ4v) is 3.47. The van der Waals surface area contributed by atoms with E-state index < -0.39 is 11.9 Å². The average molecular weight is 413 g/mol. The van der Waals surface area contributed by atoms with E-state index in [1.54, 1.807) is 16.8 Å². The second-order valence-corrected chi connectivity index (χ2v) is 7.48. The van der Waals surface area contributed by atoms with Crippen LogP contribution in [0.25, 0.3) is 16.5 Å². The summed E-state index contributed by atoms with van der Waals surface area (Å²) in [5.41, 5.74) is 4.59. The first-order valence-corrected chi connectivity index (χ1v) is 10.0. The third-order valence-electron chi connectivity index (χ3n) is 5.15. The summed E-state index contributed by atoms with van der Waals surface area (Å²) < 4.78 is 7.00. The van der Waals surface area contributed by atoms with Crippen molar-refractivity contribution in [3.05, 3.63) is 89.2 Å². The van der Waals surface area contributed by atoms with Crippen molar-refractivity contribution in [3.8, 4) is 5.69 Å². The summed E-state index contributed by atoms with van der Waals surface area (Å²) in [5, 5.41) is 9.32. The lowest BCUT2D eigenvalue weighted by Gasteiger charge is -2.08. The van der Waals surface area contributed by atoms with Gasteiger partial charge >= 0.3 is 5.97 Å².